The first-order chi connectivity index (χ1) is 7.90. The molecule has 0 aromatic heterocycles. The number of hydrazine groups is 1. The van der Waals surface area contributed by atoms with E-state index in [9.17, 15) is 17.6 Å². The second-order valence-corrected chi connectivity index (χ2v) is 3.85. The van der Waals surface area contributed by atoms with Gasteiger partial charge in [-0.15, -0.1) is 0 Å². The zero-order valence-corrected chi connectivity index (χ0v) is 9.10. The Kier molecular flexibility index (Phi) is 4.89. The van der Waals surface area contributed by atoms with Crippen LogP contribution in [0, 0.1) is 5.82 Å². The first-order valence-electron chi connectivity index (χ1n) is 5.18. The van der Waals surface area contributed by atoms with Crippen molar-refractivity contribution in [1.29, 1.82) is 0 Å². The van der Waals surface area contributed by atoms with Gasteiger partial charge < -0.3 is 0 Å². The van der Waals surface area contributed by atoms with E-state index in [1.165, 1.54) is 18.2 Å². The Balaban J connectivity index is 2.52. The number of alkyl halides is 3. The average molecular weight is 250 g/mol. The molecule has 3 N–H and O–H groups in total. The zero-order chi connectivity index (χ0) is 12.9. The quantitative estimate of drug-likeness (QED) is 0.479. The molecule has 17 heavy (non-hydrogen) atoms. The molecule has 0 bridgehead atoms. The minimum atomic E-state index is -4.20. The van der Waals surface area contributed by atoms with Gasteiger partial charge in [-0.2, -0.15) is 13.2 Å². The highest BCUT2D eigenvalue weighted by Crippen LogP contribution is 2.23. The molecule has 1 unspecified atom stereocenters. The second kappa shape index (κ2) is 5.97. The summed E-state index contributed by atoms with van der Waals surface area (Å²) in [6.45, 7) is 0. The van der Waals surface area contributed by atoms with Crippen molar-refractivity contribution in [3.05, 3.63) is 35.6 Å². The van der Waals surface area contributed by atoms with E-state index in [1.54, 1.807) is 6.07 Å². The second-order valence-electron chi connectivity index (χ2n) is 3.85. The summed E-state index contributed by atoms with van der Waals surface area (Å²) in [7, 11) is 0. The normalized spacial score (nSPS) is 13.7. The summed E-state index contributed by atoms with van der Waals surface area (Å²) >= 11 is 0. The van der Waals surface area contributed by atoms with Crippen LogP contribution in [-0.4, -0.2) is 12.2 Å². The molecular weight excluding hydrogens is 236 g/mol. The lowest BCUT2D eigenvalue weighted by atomic mass is 10.0. The molecule has 0 saturated heterocycles. The number of nitrogens with two attached hydrogens (primary N) is 1. The minimum absolute atomic E-state index is 0.128. The van der Waals surface area contributed by atoms with Crippen molar-refractivity contribution in [2.75, 3.05) is 0 Å². The summed E-state index contributed by atoms with van der Waals surface area (Å²) in [4.78, 5) is 0. The number of benzene rings is 1. The topological polar surface area (TPSA) is 38.0 Å². The zero-order valence-electron chi connectivity index (χ0n) is 9.10. The third kappa shape index (κ3) is 5.65. The minimum Gasteiger partial charge on any atom is -0.271 e. The van der Waals surface area contributed by atoms with Crippen LogP contribution in [0.4, 0.5) is 17.6 Å². The van der Waals surface area contributed by atoms with Gasteiger partial charge in [-0.05, 0) is 30.5 Å². The van der Waals surface area contributed by atoms with E-state index in [4.69, 9.17) is 5.84 Å². The predicted molar refractivity (Wildman–Crippen MR) is 56.5 cm³/mol. The van der Waals surface area contributed by atoms with E-state index in [0.29, 0.717) is 5.56 Å². The molecule has 2 nitrogen and oxygen atoms in total. The van der Waals surface area contributed by atoms with Gasteiger partial charge in [0.2, 0.25) is 0 Å². The molecule has 96 valence electrons. The third-order valence-corrected chi connectivity index (χ3v) is 2.38. The van der Waals surface area contributed by atoms with Crippen molar-refractivity contribution >= 4 is 0 Å². The molecule has 0 spiro atoms. The molecule has 0 aliphatic carbocycles. The molecule has 1 atom stereocenters. The highest BCUT2D eigenvalue weighted by molar-refractivity contribution is 5.17. The molecule has 0 fully saturated rings. The summed E-state index contributed by atoms with van der Waals surface area (Å²) in [6.07, 6.45) is -4.96. The number of rotatable bonds is 5. The maximum Gasteiger partial charge on any atom is 0.389 e. The van der Waals surface area contributed by atoms with Crippen LogP contribution in [0.1, 0.15) is 18.4 Å². The maximum atomic E-state index is 12.9. The summed E-state index contributed by atoms with van der Waals surface area (Å²) in [6, 6.07) is 5.23. The smallest absolute Gasteiger partial charge is 0.271 e. The van der Waals surface area contributed by atoms with Gasteiger partial charge in [0.05, 0.1) is 0 Å². The number of nitrogens with one attached hydrogen (secondary N) is 1. The Labute approximate surface area is 96.8 Å². The van der Waals surface area contributed by atoms with Crippen LogP contribution in [0.2, 0.25) is 0 Å². The van der Waals surface area contributed by atoms with Crippen LogP contribution in [-0.2, 0) is 6.42 Å². The standard InChI is InChI=1S/C11H14F4N2/c12-9-3-1-2-8(6-9)7-10(17-16)4-5-11(13,14)15/h1-3,6,10,17H,4-5,7,16H2. The van der Waals surface area contributed by atoms with Crippen molar-refractivity contribution in [2.24, 2.45) is 5.84 Å². The summed E-state index contributed by atoms with van der Waals surface area (Å²) < 4.78 is 48.9. The molecule has 0 heterocycles. The highest BCUT2D eigenvalue weighted by atomic mass is 19.4. The highest BCUT2D eigenvalue weighted by Gasteiger charge is 2.28. The Hall–Kier alpha value is -1.14. The van der Waals surface area contributed by atoms with E-state index in [1.807, 2.05) is 0 Å². The van der Waals surface area contributed by atoms with Gasteiger partial charge in [-0.25, -0.2) is 4.39 Å². The lowest BCUT2D eigenvalue weighted by Crippen LogP contribution is -2.37. The molecule has 1 aromatic rings. The fourth-order valence-corrected chi connectivity index (χ4v) is 1.53. The van der Waals surface area contributed by atoms with Crippen LogP contribution < -0.4 is 11.3 Å². The SMILES string of the molecule is NNC(CCC(F)(F)F)Cc1cccc(F)c1. The van der Waals surface area contributed by atoms with Crippen LogP contribution in [0.25, 0.3) is 0 Å². The molecule has 0 amide bonds. The van der Waals surface area contributed by atoms with Gasteiger partial charge in [0.25, 0.3) is 0 Å². The van der Waals surface area contributed by atoms with Crippen LogP contribution in [0.5, 0.6) is 0 Å². The number of hydrogen-bond acceptors (Lipinski definition) is 2. The lowest BCUT2D eigenvalue weighted by Gasteiger charge is -2.16. The average Bonchev–Trinajstić information content (AvgIpc) is 2.23. The van der Waals surface area contributed by atoms with E-state index >= 15 is 0 Å². The van der Waals surface area contributed by atoms with Crippen molar-refractivity contribution in [2.45, 2.75) is 31.5 Å². The fourth-order valence-electron chi connectivity index (χ4n) is 1.53. The van der Waals surface area contributed by atoms with Gasteiger partial charge in [0.1, 0.15) is 5.82 Å². The van der Waals surface area contributed by atoms with E-state index in [2.05, 4.69) is 5.43 Å². The molecular formula is C11H14F4N2. The predicted octanol–water partition coefficient (Wildman–Crippen LogP) is 2.54. The van der Waals surface area contributed by atoms with Crippen molar-refractivity contribution in [1.82, 2.24) is 5.43 Å². The molecule has 1 aromatic carbocycles. The maximum absolute atomic E-state index is 12.9. The van der Waals surface area contributed by atoms with Crippen molar-refractivity contribution < 1.29 is 17.6 Å². The fraction of sp³-hybridized carbons (Fsp3) is 0.455. The van der Waals surface area contributed by atoms with Gasteiger partial charge in [0.15, 0.2) is 0 Å². The Morgan fingerprint density at radius 3 is 2.53 bits per heavy atom. The molecule has 6 heteroatoms. The largest absolute Gasteiger partial charge is 0.389 e. The third-order valence-electron chi connectivity index (χ3n) is 2.38. The van der Waals surface area contributed by atoms with Gasteiger partial charge in [0, 0.05) is 12.5 Å². The van der Waals surface area contributed by atoms with Gasteiger partial charge in [-0.3, -0.25) is 11.3 Å². The lowest BCUT2D eigenvalue weighted by molar-refractivity contribution is -0.136. The summed E-state index contributed by atoms with van der Waals surface area (Å²) in [5, 5.41) is 0. The molecule has 1 rings (SSSR count). The van der Waals surface area contributed by atoms with E-state index in [0.717, 1.165) is 0 Å². The first-order valence-corrected chi connectivity index (χ1v) is 5.18. The summed E-state index contributed by atoms with van der Waals surface area (Å²) in [5.74, 6) is 4.77. The van der Waals surface area contributed by atoms with Crippen LogP contribution in [0.3, 0.4) is 0 Å². The monoisotopic (exact) mass is 250 g/mol. The molecule has 0 radical (unpaired) electrons. The number of halogens is 4. The van der Waals surface area contributed by atoms with Gasteiger partial charge >= 0.3 is 6.18 Å². The van der Waals surface area contributed by atoms with Crippen LogP contribution >= 0.6 is 0 Å². The van der Waals surface area contributed by atoms with E-state index < -0.39 is 24.5 Å². The Morgan fingerprint density at radius 2 is 2.00 bits per heavy atom. The van der Waals surface area contributed by atoms with Crippen molar-refractivity contribution in [3.63, 3.8) is 0 Å². The number of hydrogen-bond donors (Lipinski definition) is 2. The summed E-state index contributed by atoms with van der Waals surface area (Å²) in [5.41, 5.74) is 2.94. The molecule has 0 aliphatic rings. The Morgan fingerprint density at radius 1 is 1.29 bits per heavy atom. The first kappa shape index (κ1) is 13.9. The Bertz CT molecular complexity index is 352. The molecule has 0 aliphatic heterocycles. The van der Waals surface area contributed by atoms with Crippen LogP contribution in [0.15, 0.2) is 24.3 Å². The molecule has 0 saturated carbocycles. The van der Waals surface area contributed by atoms with E-state index in [-0.39, 0.29) is 12.8 Å². The van der Waals surface area contributed by atoms with Gasteiger partial charge in [-0.1, -0.05) is 12.1 Å². The van der Waals surface area contributed by atoms with Crippen molar-refractivity contribution in [3.8, 4) is 0 Å².